The van der Waals surface area contributed by atoms with Crippen molar-refractivity contribution < 1.29 is 23.8 Å². The molecular formula is C43H33N3O5. The van der Waals surface area contributed by atoms with Crippen molar-refractivity contribution in [3.63, 3.8) is 0 Å². The summed E-state index contributed by atoms with van der Waals surface area (Å²) in [6, 6.07) is 41.4. The topological polar surface area (TPSA) is 96.7 Å². The van der Waals surface area contributed by atoms with Crippen LogP contribution in [0.25, 0.3) is 43.6 Å². The monoisotopic (exact) mass is 671 g/mol. The smallest absolute Gasteiger partial charge is 0.262 e. The van der Waals surface area contributed by atoms with Gasteiger partial charge in [0.15, 0.2) is 0 Å². The minimum absolute atomic E-state index is 0.129. The number of nitrogens with zero attached hydrogens (tertiary/aromatic N) is 1. The quantitative estimate of drug-likeness (QED) is 0.106. The number of carbonyl (C=O) groups excluding carboxylic acids is 2. The molecule has 0 bridgehead atoms. The van der Waals surface area contributed by atoms with Gasteiger partial charge in [-0.25, -0.2) is 0 Å². The van der Waals surface area contributed by atoms with Crippen LogP contribution in [0.4, 0.5) is 0 Å². The number of fused-ring (bicyclic) bond motifs is 10. The van der Waals surface area contributed by atoms with E-state index < -0.39 is 0 Å². The van der Waals surface area contributed by atoms with Crippen molar-refractivity contribution >= 4 is 55.4 Å². The molecular weight excluding hydrogens is 638 g/mol. The van der Waals surface area contributed by atoms with Gasteiger partial charge < -0.3 is 24.2 Å². The van der Waals surface area contributed by atoms with Crippen LogP contribution in [0.5, 0.6) is 11.5 Å². The van der Waals surface area contributed by atoms with Gasteiger partial charge in [-0.2, -0.15) is 0 Å². The number of benzene rings is 6. The Labute approximate surface area is 293 Å². The lowest BCUT2D eigenvalue weighted by atomic mass is 9.96. The van der Waals surface area contributed by atoms with E-state index in [-0.39, 0.29) is 25.0 Å². The van der Waals surface area contributed by atoms with E-state index in [9.17, 15) is 9.59 Å². The minimum atomic E-state index is -0.340. The van der Waals surface area contributed by atoms with Gasteiger partial charge in [0.2, 0.25) is 0 Å². The van der Waals surface area contributed by atoms with Gasteiger partial charge in [-0.3, -0.25) is 14.5 Å². The molecule has 2 amide bonds. The number of rotatable bonds is 11. The third-order valence-electron chi connectivity index (χ3n) is 9.55. The first-order valence-corrected chi connectivity index (χ1v) is 17.0. The maximum Gasteiger partial charge on any atom is 0.262 e. The Morgan fingerprint density at radius 3 is 1.35 bits per heavy atom. The summed E-state index contributed by atoms with van der Waals surface area (Å²) < 4.78 is 18.6. The maximum atomic E-state index is 14.4. The van der Waals surface area contributed by atoms with Gasteiger partial charge in [-0.1, -0.05) is 115 Å². The Kier molecular flexibility index (Phi) is 7.71. The second-order valence-corrected chi connectivity index (χ2v) is 12.7. The molecule has 0 spiro atoms. The summed E-state index contributed by atoms with van der Waals surface area (Å²) in [5.74, 6) is 0.626. The molecule has 1 aliphatic rings. The van der Waals surface area contributed by atoms with Crippen LogP contribution in [0.1, 0.15) is 37.4 Å². The van der Waals surface area contributed by atoms with Crippen LogP contribution in [0.2, 0.25) is 0 Å². The number of imide groups is 1. The van der Waals surface area contributed by atoms with Gasteiger partial charge in [0.25, 0.3) is 11.8 Å². The summed E-state index contributed by atoms with van der Waals surface area (Å²) in [4.78, 5) is 37.4. The van der Waals surface area contributed by atoms with Gasteiger partial charge in [0, 0.05) is 21.5 Å². The van der Waals surface area contributed by atoms with Crippen LogP contribution in [-0.2, 0) is 24.6 Å². The zero-order chi connectivity index (χ0) is 34.3. The number of aromatic amines is 2. The van der Waals surface area contributed by atoms with Crippen LogP contribution in [0.15, 0.2) is 127 Å². The molecule has 0 radical (unpaired) electrons. The Morgan fingerprint density at radius 1 is 0.471 bits per heavy atom. The lowest BCUT2D eigenvalue weighted by molar-refractivity contribution is 0.0546. The third kappa shape index (κ3) is 5.37. The number of aromatic nitrogens is 2. The maximum absolute atomic E-state index is 14.4. The molecule has 0 fully saturated rings. The molecule has 2 N–H and O–H groups in total. The van der Waals surface area contributed by atoms with Crippen molar-refractivity contribution in [3.8, 4) is 11.5 Å². The van der Waals surface area contributed by atoms with Gasteiger partial charge in [0.1, 0.15) is 24.7 Å². The third-order valence-corrected chi connectivity index (χ3v) is 9.55. The van der Waals surface area contributed by atoms with E-state index in [1.165, 1.54) is 4.90 Å². The van der Waals surface area contributed by atoms with Crippen molar-refractivity contribution in [2.45, 2.75) is 19.8 Å². The van der Waals surface area contributed by atoms with E-state index in [1.54, 1.807) is 0 Å². The Hall–Kier alpha value is -6.38. The number of carbonyl (C=O) groups is 2. The number of nitrogens with one attached hydrogen (secondary N) is 2. The first kappa shape index (κ1) is 30.7. The molecule has 51 heavy (non-hydrogen) atoms. The fraction of sp³-hybridized carbons (Fsp3) is 0.116. The van der Waals surface area contributed by atoms with E-state index >= 15 is 0 Å². The first-order valence-electron chi connectivity index (χ1n) is 17.0. The zero-order valence-electron chi connectivity index (χ0n) is 27.6. The van der Waals surface area contributed by atoms with E-state index in [2.05, 4.69) is 9.97 Å². The van der Waals surface area contributed by atoms with Crippen LogP contribution in [-0.4, -0.2) is 39.8 Å². The summed E-state index contributed by atoms with van der Waals surface area (Å²) in [6.07, 6.45) is 0. The second kappa shape index (κ2) is 12.8. The summed E-state index contributed by atoms with van der Waals surface area (Å²) in [5, 5.41) is 2.97. The first-order chi connectivity index (χ1) is 25.2. The molecule has 0 aliphatic carbocycles. The number of hydrogen-bond acceptors (Lipinski definition) is 5. The summed E-state index contributed by atoms with van der Waals surface area (Å²) in [6.45, 7) is 1.49. The summed E-state index contributed by atoms with van der Waals surface area (Å²) >= 11 is 0. The molecule has 1 aliphatic heterocycles. The van der Waals surface area contributed by atoms with Crippen LogP contribution >= 0.6 is 0 Å². The van der Waals surface area contributed by atoms with Crippen LogP contribution in [0.3, 0.4) is 0 Å². The highest BCUT2D eigenvalue weighted by Crippen LogP contribution is 2.46. The molecule has 8 nitrogen and oxygen atoms in total. The number of amides is 2. The number of H-pyrrole nitrogens is 2. The molecule has 9 rings (SSSR count). The predicted octanol–water partition coefficient (Wildman–Crippen LogP) is 8.93. The number of hydrogen-bond donors (Lipinski definition) is 2. The van der Waals surface area contributed by atoms with E-state index in [4.69, 9.17) is 14.2 Å². The van der Waals surface area contributed by atoms with Crippen molar-refractivity contribution in [1.29, 1.82) is 0 Å². The molecule has 0 saturated heterocycles. The van der Waals surface area contributed by atoms with Crippen LogP contribution < -0.4 is 9.47 Å². The average Bonchev–Trinajstić information content (AvgIpc) is 3.83. The fourth-order valence-corrected chi connectivity index (χ4v) is 7.15. The van der Waals surface area contributed by atoms with Crippen molar-refractivity contribution in [2.75, 3.05) is 13.2 Å². The summed E-state index contributed by atoms with van der Waals surface area (Å²) in [7, 11) is 0. The highest BCUT2D eigenvalue weighted by molar-refractivity contribution is 6.39. The predicted molar refractivity (Wildman–Crippen MR) is 198 cm³/mol. The molecule has 0 atom stereocenters. The van der Waals surface area contributed by atoms with Gasteiger partial charge in [-0.15, -0.1) is 0 Å². The Bertz CT molecular complexity index is 2420. The lowest BCUT2D eigenvalue weighted by Gasteiger charge is -2.14. The zero-order valence-corrected chi connectivity index (χ0v) is 27.6. The summed E-state index contributed by atoms with van der Waals surface area (Å²) in [5.41, 5.74) is 6.82. The van der Waals surface area contributed by atoms with Crippen molar-refractivity contribution in [1.82, 2.24) is 14.9 Å². The van der Waals surface area contributed by atoms with Crippen molar-refractivity contribution in [3.05, 3.63) is 155 Å². The average molecular weight is 672 g/mol. The molecule has 0 unspecified atom stereocenters. The molecule has 2 aromatic heterocycles. The molecule has 250 valence electrons. The van der Waals surface area contributed by atoms with Gasteiger partial charge in [0.05, 0.1) is 53.0 Å². The SMILES string of the molecule is O=C1c2c(c3c4cccc(OCc5ccccc5)c4[nH]c3c3[nH]c4c(OCc5ccccc5)cccc4c23)C(=O)N1CCOCc1ccccc1. The highest BCUT2D eigenvalue weighted by atomic mass is 16.5. The lowest BCUT2D eigenvalue weighted by Crippen LogP contribution is -2.33. The standard InChI is InChI=1S/C43H33N3O5/c47-42-36-34-30-18-10-20-32(50-25-28-14-6-2-7-15-28)38(30)44-40(34)41-35(37(36)43(48)46(42)22-23-49-24-27-12-4-1-5-13-27)31-19-11-21-33(39(31)45-41)51-26-29-16-8-3-9-17-29/h1-21,44-45H,22-26H2. The number of para-hydroxylation sites is 2. The van der Waals surface area contributed by atoms with E-state index in [0.29, 0.717) is 53.2 Å². The Morgan fingerprint density at radius 2 is 0.902 bits per heavy atom. The molecule has 3 heterocycles. The molecule has 8 heteroatoms. The normalized spacial score (nSPS) is 12.8. The van der Waals surface area contributed by atoms with Crippen molar-refractivity contribution in [2.24, 2.45) is 0 Å². The second-order valence-electron chi connectivity index (χ2n) is 12.7. The van der Waals surface area contributed by atoms with Gasteiger partial charge >= 0.3 is 0 Å². The molecule has 6 aromatic carbocycles. The number of ether oxygens (including phenoxy) is 3. The van der Waals surface area contributed by atoms with E-state index in [0.717, 1.165) is 49.5 Å². The van der Waals surface area contributed by atoms with Crippen LogP contribution in [0, 0.1) is 0 Å². The minimum Gasteiger partial charge on any atom is -0.487 e. The molecule has 8 aromatic rings. The highest BCUT2D eigenvalue weighted by Gasteiger charge is 2.41. The fourth-order valence-electron chi connectivity index (χ4n) is 7.15. The Balaban J connectivity index is 1.18. The van der Waals surface area contributed by atoms with Gasteiger partial charge in [-0.05, 0) is 28.8 Å². The molecule has 0 saturated carbocycles. The van der Waals surface area contributed by atoms with E-state index in [1.807, 2.05) is 127 Å². The largest absolute Gasteiger partial charge is 0.487 e.